The average molecular weight is 266 g/mol. The van der Waals surface area contributed by atoms with Crippen LogP contribution in [0.15, 0.2) is 55.1 Å². The molecule has 2 nitrogen and oxygen atoms in total. The summed E-state index contributed by atoms with van der Waals surface area (Å²) in [4.78, 5) is 11.1. The van der Waals surface area contributed by atoms with Gasteiger partial charge in [-0.05, 0) is 22.8 Å². The molecule has 2 aromatic carbocycles. The predicted molar refractivity (Wildman–Crippen MR) is 82.1 cm³/mol. The van der Waals surface area contributed by atoms with Gasteiger partial charge in [0.1, 0.15) is 12.0 Å². The number of carbonyl (C=O) groups is 1. The Morgan fingerprint density at radius 1 is 1.10 bits per heavy atom. The number of rotatable bonds is 5. The van der Waals surface area contributed by atoms with Crippen molar-refractivity contribution in [2.24, 2.45) is 0 Å². The highest BCUT2D eigenvalue weighted by molar-refractivity contribution is 5.84. The van der Waals surface area contributed by atoms with Crippen molar-refractivity contribution in [2.45, 2.75) is 12.8 Å². The third kappa shape index (κ3) is 2.64. The fourth-order valence-electron chi connectivity index (χ4n) is 2.28. The molecule has 0 spiro atoms. The van der Waals surface area contributed by atoms with Gasteiger partial charge < -0.3 is 9.53 Å². The summed E-state index contributed by atoms with van der Waals surface area (Å²) in [5, 5.41) is 0. The van der Waals surface area contributed by atoms with E-state index < -0.39 is 0 Å². The Hall–Kier alpha value is -2.35. The summed E-state index contributed by atoms with van der Waals surface area (Å²) in [7, 11) is 1.64. The number of ether oxygens (including phenoxy) is 1. The molecule has 2 heteroatoms. The molecule has 1 unspecified atom stereocenters. The Morgan fingerprint density at radius 2 is 1.70 bits per heavy atom. The minimum Gasteiger partial charge on any atom is -0.496 e. The number of hydrogen-bond acceptors (Lipinski definition) is 2. The summed E-state index contributed by atoms with van der Waals surface area (Å²) in [6.45, 7) is 6.08. The van der Waals surface area contributed by atoms with Gasteiger partial charge in [0.2, 0.25) is 0 Å². The molecule has 0 bridgehead atoms. The highest BCUT2D eigenvalue weighted by Crippen LogP contribution is 2.33. The lowest BCUT2D eigenvalue weighted by Gasteiger charge is -2.16. The smallest absolute Gasteiger partial charge is 0.127 e. The average Bonchev–Trinajstić information content (AvgIpc) is 2.53. The normalized spacial score (nSPS) is 11.7. The van der Waals surface area contributed by atoms with Crippen LogP contribution in [-0.2, 0) is 4.79 Å². The summed E-state index contributed by atoms with van der Waals surface area (Å²) >= 11 is 0. The molecule has 2 aromatic rings. The Kier molecular flexibility index (Phi) is 4.36. The number of para-hydroxylation sites is 1. The number of methoxy groups -OCH3 is 1. The van der Waals surface area contributed by atoms with Gasteiger partial charge in [0.25, 0.3) is 0 Å². The van der Waals surface area contributed by atoms with E-state index in [1.54, 1.807) is 7.11 Å². The molecular weight excluding hydrogens is 248 g/mol. The van der Waals surface area contributed by atoms with Gasteiger partial charge in [-0.2, -0.15) is 0 Å². The van der Waals surface area contributed by atoms with Crippen LogP contribution in [0, 0.1) is 0 Å². The topological polar surface area (TPSA) is 26.3 Å². The highest BCUT2D eigenvalue weighted by atomic mass is 16.5. The second kappa shape index (κ2) is 6.20. The first-order valence-electron chi connectivity index (χ1n) is 6.56. The maximum absolute atomic E-state index is 11.1. The van der Waals surface area contributed by atoms with E-state index >= 15 is 0 Å². The van der Waals surface area contributed by atoms with Crippen LogP contribution in [0.5, 0.6) is 5.75 Å². The van der Waals surface area contributed by atoms with Crippen LogP contribution >= 0.6 is 0 Å². The maximum Gasteiger partial charge on any atom is 0.127 e. The Balaban J connectivity index is 2.51. The van der Waals surface area contributed by atoms with E-state index in [9.17, 15) is 4.79 Å². The van der Waals surface area contributed by atoms with Crippen LogP contribution in [0.1, 0.15) is 29.5 Å². The van der Waals surface area contributed by atoms with Crippen molar-refractivity contribution in [3.05, 3.63) is 71.8 Å². The molecule has 20 heavy (non-hydrogen) atoms. The van der Waals surface area contributed by atoms with E-state index in [0.717, 1.165) is 34.3 Å². The van der Waals surface area contributed by atoms with Crippen molar-refractivity contribution in [2.75, 3.05) is 7.11 Å². The molecule has 0 radical (unpaired) electrons. The molecule has 0 aliphatic heterocycles. The molecular formula is C18H18O2. The largest absolute Gasteiger partial charge is 0.496 e. The molecule has 0 aliphatic carbocycles. The molecule has 0 amide bonds. The Morgan fingerprint density at radius 3 is 2.35 bits per heavy atom. The fraction of sp³-hybridized carbons (Fsp3) is 0.167. The third-order valence-corrected chi connectivity index (χ3v) is 3.41. The van der Waals surface area contributed by atoms with Crippen LogP contribution in [0.3, 0.4) is 0 Å². The highest BCUT2D eigenvalue weighted by Gasteiger charge is 2.14. The molecule has 102 valence electrons. The zero-order valence-corrected chi connectivity index (χ0v) is 11.8. The summed E-state index contributed by atoms with van der Waals surface area (Å²) in [5.74, 6) is 0.628. The first-order chi connectivity index (χ1) is 9.69. The molecule has 0 saturated carbocycles. The van der Waals surface area contributed by atoms with E-state index in [0.29, 0.717) is 0 Å². The lowest BCUT2D eigenvalue weighted by atomic mass is 9.89. The monoisotopic (exact) mass is 266 g/mol. The van der Waals surface area contributed by atoms with Crippen molar-refractivity contribution >= 4 is 11.9 Å². The number of hydrogen-bond donors (Lipinski definition) is 0. The standard InChI is InChI=1S/C18H18O2/c1-13(12-19)15-8-4-5-9-16(15)14(2)17-10-6-7-11-18(17)20-3/h4-13H,2H2,1,3H3. The van der Waals surface area contributed by atoms with E-state index in [2.05, 4.69) is 6.58 Å². The minimum atomic E-state index is -0.155. The number of carbonyl (C=O) groups excluding carboxylic acids is 1. The van der Waals surface area contributed by atoms with Gasteiger partial charge in [-0.1, -0.05) is 56.0 Å². The van der Waals surface area contributed by atoms with Gasteiger partial charge >= 0.3 is 0 Å². The van der Waals surface area contributed by atoms with Gasteiger partial charge in [0, 0.05) is 11.5 Å². The molecule has 0 heterocycles. The van der Waals surface area contributed by atoms with Gasteiger partial charge in [0.15, 0.2) is 0 Å². The van der Waals surface area contributed by atoms with E-state index in [1.165, 1.54) is 0 Å². The summed E-state index contributed by atoms with van der Waals surface area (Å²) in [6.07, 6.45) is 0.953. The number of benzene rings is 2. The molecule has 1 atom stereocenters. The molecule has 0 aliphatic rings. The Labute approximate surface area is 119 Å². The van der Waals surface area contributed by atoms with Gasteiger partial charge in [-0.15, -0.1) is 0 Å². The van der Waals surface area contributed by atoms with E-state index in [-0.39, 0.29) is 5.92 Å². The summed E-state index contributed by atoms with van der Waals surface area (Å²) < 4.78 is 5.38. The lowest BCUT2D eigenvalue weighted by molar-refractivity contribution is -0.108. The fourth-order valence-corrected chi connectivity index (χ4v) is 2.28. The van der Waals surface area contributed by atoms with Gasteiger partial charge in [-0.3, -0.25) is 0 Å². The van der Waals surface area contributed by atoms with Crippen LogP contribution in [0.4, 0.5) is 0 Å². The molecule has 0 aromatic heterocycles. The van der Waals surface area contributed by atoms with Crippen molar-refractivity contribution in [3.63, 3.8) is 0 Å². The van der Waals surface area contributed by atoms with Crippen molar-refractivity contribution in [3.8, 4) is 5.75 Å². The summed E-state index contributed by atoms with van der Waals surface area (Å²) in [5.41, 5.74) is 3.78. The van der Waals surface area contributed by atoms with Crippen molar-refractivity contribution < 1.29 is 9.53 Å². The van der Waals surface area contributed by atoms with Crippen molar-refractivity contribution in [1.82, 2.24) is 0 Å². The molecule has 0 fully saturated rings. The minimum absolute atomic E-state index is 0.155. The molecule has 0 saturated heterocycles. The molecule has 0 N–H and O–H groups in total. The Bertz CT molecular complexity index is 629. The molecule has 2 rings (SSSR count). The van der Waals surface area contributed by atoms with Gasteiger partial charge in [-0.25, -0.2) is 0 Å². The SMILES string of the molecule is C=C(c1ccccc1OC)c1ccccc1C(C)C=O. The van der Waals surface area contributed by atoms with Gasteiger partial charge in [0.05, 0.1) is 7.11 Å². The number of aldehydes is 1. The predicted octanol–water partition coefficient (Wildman–Crippen LogP) is 4.06. The van der Waals surface area contributed by atoms with Crippen LogP contribution in [-0.4, -0.2) is 13.4 Å². The van der Waals surface area contributed by atoms with Crippen LogP contribution in [0.25, 0.3) is 5.57 Å². The van der Waals surface area contributed by atoms with Crippen LogP contribution < -0.4 is 4.74 Å². The second-order valence-corrected chi connectivity index (χ2v) is 4.69. The first-order valence-corrected chi connectivity index (χ1v) is 6.56. The van der Waals surface area contributed by atoms with Crippen molar-refractivity contribution in [1.29, 1.82) is 0 Å². The van der Waals surface area contributed by atoms with E-state index in [4.69, 9.17) is 4.74 Å². The second-order valence-electron chi connectivity index (χ2n) is 4.69. The first kappa shape index (κ1) is 14.1. The zero-order chi connectivity index (χ0) is 14.5. The van der Waals surface area contributed by atoms with Crippen LogP contribution in [0.2, 0.25) is 0 Å². The zero-order valence-electron chi connectivity index (χ0n) is 11.8. The summed E-state index contributed by atoms with van der Waals surface area (Å²) in [6, 6.07) is 15.6. The third-order valence-electron chi connectivity index (χ3n) is 3.41. The van der Waals surface area contributed by atoms with E-state index in [1.807, 2.05) is 55.5 Å². The maximum atomic E-state index is 11.1. The quantitative estimate of drug-likeness (QED) is 0.763. The lowest BCUT2D eigenvalue weighted by Crippen LogP contribution is -2.01.